The van der Waals surface area contributed by atoms with Crippen LogP contribution >= 0.6 is 15.9 Å². The summed E-state index contributed by atoms with van der Waals surface area (Å²) in [6, 6.07) is 10.0. The van der Waals surface area contributed by atoms with Crippen molar-refractivity contribution < 1.29 is 28.0 Å². The zero-order valence-corrected chi connectivity index (χ0v) is 14.7. The van der Waals surface area contributed by atoms with Gasteiger partial charge in [0.2, 0.25) is 0 Å². The number of aliphatic hydroxyl groups excluding tert-OH is 1. The standard InChI is InChI=1S/C16H9BrF3N3O4/c17-10-6-4-9(5-7-10)14(24)13(15(25)16(18,19)20)22-21-11-2-1-3-12(8-11)23(26)27/h1-8,24H. The van der Waals surface area contributed by atoms with Crippen LogP contribution in [0.3, 0.4) is 0 Å². The molecule has 0 aliphatic rings. The normalized spacial score (nSPS) is 12.7. The largest absolute Gasteiger partial charge is 0.505 e. The Morgan fingerprint density at radius 1 is 1.15 bits per heavy atom. The molecule has 0 fully saturated rings. The first-order chi connectivity index (χ1) is 12.6. The second-order valence-electron chi connectivity index (χ2n) is 5.01. The van der Waals surface area contributed by atoms with Crippen LogP contribution in [0.2, 0.25) is 0 Å². The number of nitro benzene ring substituents is 1. The van der Waals surface area contributed by atoms with Gasteiger partial charge in [-0.05, 0) is 18.2 Å². The Labute approximate surface area is 158 Å². The van der Waals surface area contributed by atoms with Gasteiger partial charge >= 0.3 is 6.18 Å². The molecule has 0 unspecified atom stereocenters. The lowest BCUT2D eigenvalue weighted by Crippen LogP contribution is -2.24. The summed E-state index contributed by atoms with van der Waals surface area (Å²) in [6.07, 6.45) is -5.31. The zero-order chi connectivity index (χ0) is 20.2. The van der Waals surface area contributed by atoms with E-state index >= 15 is 0 Å². The molecule has 0 saturated heterocycles. The molecule has 7 nitrogen and oxygen atoms in total. The van der Waals surface area contributed by atoms with Crippen LogP contribution in [0, 0.1) is 10.1 Å². The van der Waals surface area contributed by atoms with E-state index in [0.29, 0.717) is 4.47 Å². The molecular formula is C16H9BrF3N3O4. The van der Waals surface area contributed by atoms with Gasteiger partial charge in [0.15, 0.2) is 11.5 Å². The summed E-state index contributed by atoms with van der Waals surface area (Å²) in [5.74, 6) is -3.43. The number of Topliss-reactive ketones (excluding diaryl/α,β-unsaturated/α-hetero) is 1. The van der Waals surface area contributed by atoms with Gasteiger partial charge in [-0.25, -0.2) is 0 Å². The Kier molecular flexibility index (Phi) is 6.05. The van der Waals surface area contributed by atoms with Crippen LogP contribution in [0.25, 0.3) is 5.76 Å². The minimum Gasteiger partial charge on any atom is -0.505 e. The molecule has 2 rings (SSSR count). The van der Waals surface area contributed by atoms with Crippen molar-refractivity contribution in [3.8, 4) is 0 Å². The average Bonchev–Trinajstić information content (AvgIpc) is 2.61. The number of allylic oxidation sites excluding steroid dienone is 1. The highest BCUT2D eigenvalue weighted by atomic mass is 79.9. The molecule has 11 heteroatoms. The van der Waals surface area contributed by atoms with Gasteiger partial charge in [0, 0.05) is 22.2 Å². The van der Waals surface area contributed by atoms with Gasteiger partial charge < -0.3 is 5.11 Å². The van der Waals surface area contributed by atoms with E-state index in [1.54, 1.807) is 0 Å². The summed E-state index contributed by atoms with van der Waals surface area (Å²) < 4.78 is 39.1. The highest BCUT2D eigenvalue weighted by molar-refractivity contribution is 9.10. The minimum atomic E-state index is -5.31. The maximum absolute atomic E-state index is 12.8. The molecule has 0 saturated carbocycles. The van der Waals surface area contributed by atoms with E-state index in [4.69, 9.17) is 0 Å². The van der Waals surface area contributed by atoms with E-state index in [1.165, 1.54) is 36.4 Å². The van der Waals surface area contributed by atoms with Crippen LogP contribution in [0.1, 0.15) is 5.56 Å². The first-order valence-corrected chi connectivity index (χ1v) is 7.86. The number of azo groups is 1. The third-order valence-electron chi connectivity index (χ3n) is 3.12. The molecule has 1 N–H and O–H groups in total. The summed E-state index contributed by atoms with van der Waals surface area (Å²) in [7, 11) is 0. The van der Waals surface area contributed by atoms with Crippen molar-refractivity contribution in [3.05, 3.63) is 74.4 Å². The van der Waals surface area contributed by atoms with Crippen LogP contribution in [-0.4, -0.2) is 22.0 Å². The van der Waals surface area contributed by atoms with Gasteiger partial charge in [-0.1, -0.05) is 34.1 Å². The number of carbonyl (C=O) groups is 1. The zero-order valence-electron chi connectivity index (χ0n) is 13.1. The number of nitro groups is 1. The third kappa shape index (κ3) is 5.20. The molecule has 0 bridgehead atoms. The van der Waals surface area contributed by atoms with E-state index in [9.17, 15) is 33.2 Å². The summed E-state index contributed by atoms with van der Waals surface area (Å²) in [6.45, 7) is 0. The highest BCUT2D eigenvalue weighted by Crippen LogP contribution is 2.29. The van der Waals surface area contributed by atoms with Crippen molar-refractivity contribution in [2.45, 2.75) is 6.18 Å². The molecule has 2 aromatic rings. The predicted octanol–water partition coefficient (Wildman–Crippen LogP) is 5.50. The van der Waals surface area contributed by atoms with E-state index in [1.807, 2.05) is 0 Å². The molecule has 0 spiro atoms. The van der Waals surface area contributed by atoms with E-state index < -0.39 is 28.3 Å². The molecule has 0 aliphatic carbocycles. The minimum absolute atomic E-state index is 0.0937. The molecule has 0 aliphatic heterocycles. The molecular weight excluding hydrogens is 435 g/mol. The molecule has 0 amide bonds. The predicted molar refractivity (Wildman–Crippen MR) is 92.4 cm³/mol. The lowest BCUT2D eigenvalue weighted by atomic mass is 10.1. The summed E-state index contributed by atoms with van der Waals surface area (Å²) >= 11 is 3.13. The number of non-ortho nitro benzene ring substituents is 1. The molecule has 2 aromatic carbocycles. The fraction of sp³-hybridized carbons (Fsp3) is 0.0625. The smallest absolute Gasteiger partial charge is 0.456 e. The van der Waals surface area contributed by atoms with Crippen LogP contribution in [-0.2, 0) is 4.79 Å². The Hall–Kier alpha value is -3.08. The SMILES string of the molecule is O=C(C(N=Nc1cccc([N+](=O)[O-])c1)=C(O)c1ccc(Br)cc1)C(F)(F)F. The first-order valence-electron chi connectivity index (χ1n) is 7.06. The van der Waals surface area contributed by atoms with Gasteiger partial charge in [-0.15, -0.1) is 5.11 Å². The Morgan fingerprint density at radius 3 is 2.33 bits per heavy atom. The van der Waals surface area contributed by atoms with Gasteiger partial charge in [0.05, 0.1) is 10.6 Å². The lowest BCUT2D eigenvalue weighted by Gasteiger charge is -2.08. The third-order valence-corrected chi connectivity index (χ3v) is 3.65. The maximum atomic E-state index is 12.8. The second-order valence-corrected chi connectivity index (χ2v) is 5.92. The second kappa shape index (κ2) is 8.08. The molecule has 0 atom stereocenters. The molecule has 0 radical (unpaired) electrons. The molecule has 0 aromatic heterocycles. The number of aliphatic hydroxyl groups is 1. The number of halogens is 4. The van der Waals surface area contributed by atoms with Crippen molar-refractivity contribution in [3.63, 3.8) is 0 Å². The number of rotatable bonds is 5. The molecule has 140 valence electrons. The fourth-order valence-electron chi connectivity index (χ4n) is 1.86. The number of alkyl halides is 3. The first kappa shape index (κ1) is 20.2. The van der Waals surface area contributed by atoms with Gasteiger partial charge in [0.1, 0.15) is 0 Å². The topological polar surface area (TPSA) is 105 Å². The number of ketones is 1. The van der Waals surface area contributed by atoms with Crippen LogP contribution in [0.4, 0.5) is 24.5 Å². The molecule has 27 heavy (non-hydrogen) atoms. The Bertz CT molecular complexity index is 941. The average molecular weight is 444 g/mol. The van der Waals surface area contributed by atoms with Crippen molar-refractivity contribution >= 4 is 38.8 Å². The van der Waals surface area contributed by atoms with E-state index in [2.05, 4.69) is 26.2 Å². The van der Waals surface area contributed by atoms with Crippen LogP contribution < -0.4 is 0 Å². The fourth-order valence-corrected chi connectivity index (χ4v) is 2.12. The van der Waals surface area contributed by atoms with E-state index in [0.717, 1.165) is 12.1 Å². The number of carbonyl (C=O) groups excluding carboxylic acids is 1. The maximum Gasteiger partial charge on any atom is 0.456 e. The number of nitrogens with zero attached hydrogens (tertiary/aromatic N) is 3. The number of hydrogen-bond acceptors (Lipinski definition) is 6. The van der Waals surface area contributed by atoms with Crippen LogP contribution in [0.5, 0.6) is 0 Å². The monoisotopic (exact) mass is 443 g/mol. The Morgan fingerprint density at radius 2 is 1.78 bits per heavy atom. The van der Waals surface area contributed by atoms with Crippen molar-refractivity contribution in [1.82, 2.24) is 0 Å². The van der Waals surface area contributed by atoms with Gasteiger partial charge in [-0.2, -0.15) is 18.3 Å². The summed E-state index contributed by atoms with van der Waals surface area (Å²) in [5.41, 5.74) is -1.96. The van der Waals surface area contributed by atoms with E-state index in [-0.39, 0.29) is 16.9 Å². The lowest BCUT2D eigenvalue weighted by molar-refractivity contribution is -0.384. The molecule has 0 heterocycles. The quantitative estimate of drug-likeness (QED) is 0.216. The van der Waals surface area contributed by atoms with Crippen molar-refractivity contribution in [2.75, 3.05) is 0 Å². The van der Waals surface area contributed by atoms with Crippen molar-refractivity contribution in [1.29, 1.82) is 0 Å². The number of benzene rings is 2. The van der Waals surface area contributed by atoms with Crippen LogP contribution in [0.15, 0.2) is 68.9 Å². The van der Waals surface area contributed by atoms with Gasteiger partial charge in [0.25, 0.3) is 11.5 Å². The highest BCUT2D eigenvalue weighted by Gasteiger charge is 2.43. The summed E-state index contributed by atoms with van der Waals surface area (Å²) in [5, 5.41) is 27.5. The Balaban J connectivity index is 2.52. The van der Waals surface area contributed by atoms with Crippen molar-refractivity contribution in [2.24, 2.45) is 10.2 Å². The number of hydrogen-bond donors (Lipinski definition) is 1. The van der Waals surface area contributed by atoms with Gasteiger partial charge in [-0.3, -0.25) is 14.9 Å². The summed E-state index contributed by atoms with van der Waals surface area (Å²) in [4.78, 5) is 21.6.